The molecule has 96 valence electrons. The summed E-state index contributed by atoms with van der Waals surface area (Å²) in [5, 5.41) is 8.14. The van der Waals surface area contributed by atoms with E-state index in [1.54, 1.807) is 17.8 Å². The Bertz CT molecular complexity index is 402. The molecule has 0 spiro atoms. The second-order valence-corrected chi connectivity index (χ2v) is 5.39. The zero-order chi connectivity index (χ0) is 13.1. The van der Waals surface area contributed by atoms with Crippen molar-refractivity contribution in [1.29, 1.82) is 0 Å². The lowest BCUT2D eigenvalue weighted by atomic mass is 9.95. The van der Waals surface area contributed by atoms with Crippen LogP contribution in [0.5, 0.6) is 0 Å². The molecule has 0 saturated heterocycles. The first-order valence-electron chi connectivity index (χ1n) is 5.81. The van der Waals surface area contributed by atoms with Gasteiger partial charge in [-0.1, -0.05) is 22.9 Å². The van der Waals surface area contributed by atoms with Gasteiger partial charge in [-0.25, -0.2) is 0 Å². The first-order valence-corrected chi connectivity index (χ1v) is 6.93. The highest BCUT2D eigenvalue weighted by molar-refractivity contribution is 9.09. The molecule has 0 aliphatic carbocycles. The van der Waals surface area contributed by atoms with Crippen LogP contribution in [-0.4, -0.2) is 26.6 Å². The molecule has 1 N–H and O–H groups in total. The van der Waals surface area contributed by atoms with Crippen LogP contribution in [0.15, 0.2) is 6.07 Å². The van der Waals surface area contributed by atoms with E-state index in [9.17, 15) is 4.79 Å². The van der Waals surface area contributed by atoms with E-state index < -0.39 is 0 Å². The summed E-state index contributed by atoms with van der Waals surface area (Å²) in [6.07, 6.45) is 1.81. The standard InChI is InChI=1S/C12H20BrN3O/c1-5-12(3,6-7-13)14-11(17)10-8-9(2)15-16(10)4/h8H,5-7H2,1-4H3,(H,14,17). The van der Waals surface area contributed by atoms with Crippen molar-refractivity contribution >= 4 is 21.8 Å². The molecule has 0 aliphatic heterocycles. The summed E-state index contributed by atoms with van der Waals surface area (Å²) in [4.78, 5) is 12.1. The number of halogens is 1. The van der Waals surface area contributed by atoms with E-state index in [4.69, 9.17) is 0 Å². The molecular formula is C12H20BrN3O. The number of aromatic nitrogens is 2. The van der Waals surface area contributed by atoms with Crippen molar-refractivity contribution in [3.05, 3.63) is 17.5 Å². The van der Waals surface area contributed by atoms with Crippen molar-refractivity contribution in [2.45, 2.75) is 39.2 Å². The minimum atomic E-state index is -0.168. The molecule has 1 atom stereocenters. The van der Waals surface area contributed by atoms with Crippen LogP contribution in [0.2, 0.25) is 0 Å². The van der Waals surface area contributed by atoms with E-state index in [1.807, 2.05) is 6.92 Å². The van der Waals surface area contributed by atoms with Crippen LogP contribution in [0.4, 0.5) is 0 Å². The van der Waals surface area contributed by atoms with Crippen LogP contribution < -0.4 is 5.32 Å². The van der Waals surface area contributed by atoms with Crippen molar-refractivity contribution in [2.75, 3.05) is 5.33 Å². The number of nitrogens with zero attached hydrogens (tertiary/aromatic N) is 2. The van der Waals surface area contributed by atoms with Gasteiger partial charge in [0.25, 0.3) is 5.91 Å². The fourth-order valence-corrected chi connectivity index (χ4v) is 2.57. The lowest BCUT2D eigenvalue weighted by Crippen LogP contribution is -2.46. The van der Waals surface area contributed by atoms with Gasteiger partial charge in [-0.3, -0.25) is 9.48 Å². The minimum absolute atomic E-state index is 0.0570. The predicted molar refractivity (Wildman–Crippen MR) is 72.5 cm³/mol. The first kappa shape index (κ1) is 14.2. The molecule has 1 unspecified atom stereocenters. The van der Waals surface area contributed by atoms with Crippen LogP contribution in [0.25, 0.3) is 0 Å². The monoisotopic (exact) mass is 301 g/mol. The third-order valence-electron chi connectivity index (χ3n) is 3.08. The van der Waals surface area contributed by atoms with Gasteiger partial charge in [0.1, 0.15) is 5.69 Å². The number of hydrogen-bond acceptors (Lipinski definition) is 2. The maximum absolute atomic E-state index is 12.1. The van der Waals surface area contributed by atoms with Crippen LogP contribution in [0.1, 0.15) is 42.9 Å². The molecule has 4 nitrogen and oxygen atoms in total. The highest BCUT2D eigenvalue weighted by Crippen LogP contribution is 2.16. The van der Waals surface area contributed by atoms with E-state index in [1.165, 1.54) is 0 Å². The van der Waals surface area contributed by atoms with Gasteiger partial charge in [0.15, 0.2) is 0 Å². The van der Waals surface area contributed by atoms with Crippen LogP contribution in [0, 0.1) is 6.92 Å². The fraction of sp³-hybridized carbons (Fsp3) is 0.667. The molecule has 1 aromatic rings. The maximum atomic E-state index is 12.1. The number of nitrogens with one attached hydrogen (secondary N) is 1. The van der Waals surface area contributed by atoms with Gasteiger partial charge in [0.2, 0.25) is 0 Å². The highest BCUT2D eigenvalue weighted by Gasteiger charge is 2.25. The molecule has 0 radical (unpaired) electrons. The average molecular weight is 302 g/mol. The number of amides is 1. The largest absolute Gasteiger partial charge is 0.346 e. The lowest BCUT2D eigenvalue weighted by molar-refractivity contribution is 0.0892. The fourth-order valence-electron chi connectivity index (χ4n) is 1.70. The van der Waals surface area contributed by atoms with Gasteiger partial charge in [0, 0.05) is 17.9 Å². The second-order valence-electron chi connectivity index (χ2n) is 4.60. The van der Waals surface area contributed by atoms with Gasteiger partial charge in [-0.2, -0.15) is 5.10 Å². The minimum Gasteiger partial charge on any atom is -0.346 e. The Balaban J connectivity index is 2.81. The number of rotatable bonds is 5. The van der Waals surface area contributed by atoms with Crippen molar-refractivity contribution < 1.29 is 4.79 Å². The molecule has 5 heteroatoms. The van der Waals surface area contributed by atoms with Crippen molar-refractivity contribution in [2.24, 2.45) is 7.05 Å². The number of aryl methyl sites for hydroxylation is 2. The Kier molecular flexibility index (Phi) is 4.74. The number of hydrogen-bond donors (Lipinski definition) is 1. The highest BCUT2D eigenvalue weighted by atomic mass is 79.9. The summed E-state index contributed by atoms with van der Waals surface area (Å²) < 4.78 is 1.62. The molecule has 0 bridgehead atoms. The summed E-state index contributed by atoms with van der Waals surface area (Å²) in [6.45, 7) is 6.03. The summed E-state index contributed by atoms with van der Waals surface area (Å²) in [7, 11) is 1.79. The number of carbonyl (C=O) groups excluding carboxylic acids is 1. The van der Waals surface area contributed by atoms with Crippen molar-refractivity contribution in [3.63, 3.8) is 0 Å². The zero-order valence-corrected chi connectivity index (χ0v) is 12.5. The smallest absolute Gasteiger partial charge is 0.269 e. The van der Waals surface area contributed by atoms with Gasteiger partial charge in [-0.05, 0) is 32.8 Å². The van der Waals surface area contributed by atoms with Gasteiger partial charge in [0.05, 0.1) is 5.69 Å². The van der Waals surface area contributed by atoms with Gasteiger partial charge >= 0.3 is 0 Å². The van der Waals surface area contributed by atoms with Crippen molar-refractivity contribution in [3.8, 4) is 0 Å². The SMILES string of the molecule is CCC(C)(CCBr)NC(=O)c1cc(C)nn1C. The molecule has 1 amide bonds. The Morgan fingerprint density at radius 3 is 2.71 bits per heavy atom. The Hall–Kier alpha value is -0.840. The molecule has 1 heterocycles. The van der Waals surface area contributed by atoms with E-state index in [2.05, 4.69) is 40.2 Å². The van der Waals surface area contributed by atoms with E-state index in [0.29, 0.717) is 5.69 Å². The second kappa shape index (κ2) is 5.67. The van der Waals surface area contributed by atoms with E-state index in [-0.39, 0.29) is 11.4 Å². The third-order valence-corrected chi connectivity index (χ3v) is 3.47. The molecule has 0 aromatic carbocycles. The number of carbonyl (C=O) groups is 1. The van der Waals surface area contributed by atoms with Crippen LogP contribution in [0.3, 0.4) is 0 Å². The average Bonchev–Trinajstić information content (AvgIpc) is 2.58. The van der Waals surface area contributed by atoms with E-state index >= 15 is 0 Å². The predicted octanol–water partition coefficient (Wildman–Crippen LogP) is 2.41. The quantitative estimate of drug-likeness (QED) is 0.849. The normalized spacial score (nSPS) is 14.4. The van der Waals surface area contributed by atoms with Gasteiger partial charge < -0.3 is 5.32 Å². The summed E-state index contributed by atoms with van der Waals surface area (Å²) in [5.41, 5.74) is 1.30. The summed E-state index contributed by atoms with van der Waals surface area (Å²) in [5.74, 6) is -0.0570. The Morgan fingerprint density at radius 2 is 2.29 bits per heavy atom. The molecule has 17 heavy (non-hydrogen) atoms. The third kappa shape index (κ3) is 3.56. The molecule has 1 rings (SSSR count). The molecule has 0 fully saturated rings. The number of alkyl halides is 1. The van der Waals surface area contributed by atoms with Crippen LogP contribution >= 0.6 is 15.9 Å². The van der Waals surface area contributed by atoms with Crippen LogP contribution in [-0.2, 0) is 7.05 Å². The molecule has 0 aliphatic rings. The van der Waals surface area contributed by atoms with Gasteiger partial charge in [-0.15, -0.1) is 0 Å². The summed E-state index contributed by atoms with van der Waals surface area (Å²) in [6, 6.07) is 1.81. The molecular weight excluding hydrogens is 282 g/mol. The Labute approximate surface area is 111 Å². The molecule has 0 saturated carbocycles. The zero-order valence-electron chi connectivity index (χ0n) is 10.9. The Morgan fingerprint density at radius 1 is 1.65 bits per heavy atom. The van der Waals surface area contributed by atoms with Crippen molar-refractivity contribution in [1.82, 2.24) is 15.1 Å². The van der Waals surface area contributed by atoms with E-state index in [0.717, 1.165) is 23.9 Å². The lowest BCUT2D eigenvalue weighted by Gasteiger charge is -2.28. The molecule has 1 aromatic heterocycles. The maximum Gasteiger partial charge on any atom is 0.269 e. The topological polar surface area (TPSA) is 46.9 Å². The first-order chi connectivity index (χ1) is 7.91. The summed E-state index contributed by atoms with van der Waals surface area (Å²) >= 11 is 3.42.